The standard InChI is InChI=1S/C19H14Cl2N4O3/c1-28-19(27)12-4-2-11(3-5-12)10-22-25-18(26)17-9-16(23-24-17)14-7-6-13(20)8-15(14)21/h2-10H,1H3,(H,23,24)(H,25,26)/b22-10+. The highest BCUT2D eigenvalue weighted by atomic mass is 35.5. The van der Waals surface area contributed by atoms with E-state index in [4.69, 9.17) is 23.2 Å². The van der Waals surface area contributed by atoms with E-state index in [0.717, 1.165) is 0 Å². The van der Waals surface area contributed by atoms with Crippen LogP contribution in [0.25, 0.3) is 11.3 Å². The fourth-order valence-electron chi connectivity index (χ4n) is 2.32. The predicted molar refractivity (Wildman–Crippen MR) is 107 cm³/mol. The predicted octanol–water partition coefficient (Wildman–Crippen LogP) is 3.93. The summed E-state index contributed by atoms with van der Waals surface area (Å²) in [6.07, 6.45) is 1.45. The minimum Gasteiger partial charge on any atom is -0.465 e. The third-order valence-corrected chi connectivity index (χ3v) is 4.29. The van der Waals surface area contributed by atoms with Crippen LogP contribution in [-0.2, 0) is 4.74 Å². The van der Waals surface area contributed by atoms with Crippen LogP contribution >= 0.6 is 23.2 Å². The molecule has 3 rings (SSSR count). The summed E-state index contributed by atoms with van der Waals surface area (Å²) in [5.41, 5.74) is 4.90. The van der Waals surface area contributed by atoms with Crippen molar-refractivity contribution < 1.29 is 14.3 Å². The number of ether oxygens (including phenoxy) is 1. The van der Waals surface area contributed by atoms with Crippen molar-refractivity contribution in [2.45, 2.75) is 0 Å². The summed E-state index contributed by atoms with van der Waals surface area (Å²) in [7, 11) is 1.31. The first kappa shape index (κ1) is 19.6. The molecule has 2 N–H and O–H groups in total. The Bertz CT molecular complexity index is 1050. The normalized spacial score (nSPS) is 10.8. The second-order valence-corrected chi connectivity index (χ2v) is 6.45. The molecule has 142 valence electrons. The number of methoxy groups -OCH3 is 1. The van der Waals surface area contributed by atoms with Crippen LogP contribution in [0.5, 0.6) is 0 Å². The van der Waals surface area contributed by atoms with Gasteiger partial charge in [0.05, 0.1) is 29.6 Å². The molecule has 0 fully saturated rings. The van der Waals surface area contributed by atoms with Crippen LogP contribution in [0.1, 0.15) is 26.4 Å². The Balaban J connectivity index is 1.64. The van der Waals surface area contributed by atoms with E-state index in [9.17, 15) is 9.59 Å². The number of carbonyl (C=O) groups is 2. The van der Waals surface area contributed by atoms with Crippen LogP contribution in [0, 0.1) is 0 Å². The zero-order valence-electron chi connectivity index (χ0n) is 14.6. The summed E-state index contributed by atoms with van der Waals surface area (Å²) in [4.78, 5) is 23.6. The molecule has 9 heteroatoms. The van der Waals surface area contributed by atoms with Gasteiger partial charge in [-0.25, -0.2) is 10.2 Å². The summed E-state index contributed by atoms with van der Waals surface area (Å²) in [6.45, 7) is 0. The summed E-state index contributed by atoms with van der Waals surface area (Å²) in [5, 5.41) is 11.6. The molecular weight excluding hydrogens is 403 g/mol. The molecule has 0 aliphatic heterocycles. The second kappa shape index (κ2) is 8.69. The van der Waals surface area contributed by atoms with Crippen molar-refractivity contribution in [3.8, 4) is 11.3 Å². The molecule has 0 unspecified atom stereocenters. The van der Waals surface area contributed by atoms with Gasteiger partial charge in [0.2, 0.25) is 0 Å². The number of hydrogen-bond acceptors (Lipinski definition) is 5. The van der Waals surface area contributed by atoms with Crippen LogP contribution in [0.2, 0.25) is 10.0 Å². The van der Waals surface area contributed by atoms with E-state index in [1.54, 1.807) is 48.5 Å². The lowest BCUT2D eigenvalue weighted by Gasteiger charge is -2.00. The van der Waals surface area contributed by atoms with Gasteiger partial charge < -0.3 is 4.74 Å². The summed E-state index contributed by atoms with van der Waals surface area (Å²) in [5.74, 6) is -0.890. The lowest BCUT2D eigenvalue weighted by molar-refractivity contribution is 0.0600. The van der Waals surface area contributed by atoms with Crippen LogP contribution in [0.4, 0.5) is 0 Å². The van der Waals surface area contributed by atoms with Gasteiger partial charge >= 0.3 is 5.97 Å². The van der Waals surface area contributed by atoms with Crippen molar-refractivity contribution in [3.05, 3.63) is 75.4 Å². The van der Waals surface area contributed by atoms with Crippen molar-refractivity contribution in [1.82, 2.24) is 15.6 Å². The van der Waals surface area contributed by atoms with Gasteiger partial charge in [-0.05, 0) is 42.0 Å². The van der Waals surface area contributed by atoms with Gasteiger partial charge in [0.25, 0.3) is 5.91 Å². The Morgan fingerprint density at radius 1 is 1.14 bits per heavy atom. The van der Waals surface area contributed by atoms with E-state index in [0.29, 0.717) is 32.4 Å². The van der Waals surface area contributed by atoms with Gasteiger partial charge in [0, 0.05) is 10.6 Å². The minimum atomic E-state index is -0.466. The molecule has 28 heavy (non-hydrogen) atoms. The molecule has 2 aromatic carbocycles. The van der Waals surface area contributed by atoms with Crippen LogP contribution in [0.3, 0.4) is 0 Å². The number of nitrogens with one attached hydrogen (secondary N) is 2. The molecule has 0 bridgehead atoms. The largest absolute Gasteiger partial charge is 0.465 e. The Morgan fingerprint density at radius 2 is 1.89 bits per heavy atom. The highest BCUT2D eigenvalue weighted by Crippen LogP contribution is 2.29. The van der Waals surface area contributed by atoms with E-state index in [2.05, 4.69) is 25.5 Å². The number of esters is 1. The number of carbonyl (C=O) groups excluding carboxylic acids is 2. The molecule has 0 atom stereocenters. The van der Waals surface area contributed by atoms with Gasteiger partial charge in [0.1, 0.15) is 5.69 Å². The van der Waals surface area contributed by atoms with Gasteiger partial charge in [-0.1, -0.05) is 35.3 Å². The highest BCUT2D eigenvalue weighted by Gasteiger charge is 2.12. The number of benzene rings is 2. The number of H-pyrrole nitrogens is 1. The number of hydrazone groups is 1. The van der Waals surface area contributed by atoms with Crippen molar-refractivity contribution >= 4 is 41.3 Å². The number of halogens is 2. The average molecular weight is 417 g/mol. The summed E-state index contributed by atoms with van der Waals surface area (Å²) < 4.78 is 4.63. The van der Waals surface area contributed by atoms with Gasteiger partial charge in [-0.3, -0.25) is 9.89 Å². The minimum absolute atomic E-state index is 0.221. The van der Waals surface area contributed by atoms with E-state index in [1.165, 1.54) is 13.3 Å². The third-order valence-electron chi connectivity index (χ3n) is 3.74. The first-order chi connectivity index (χ1) is 13.5. The first-order valence-electron chi connectivity index (χ1n) is 8.00. The van der Waals surface area contributed by atoms with E-state index < -0.39 is 11.9 Å². The maximum atomic E-state index is 12.2. The zero-order valence-corrected chi connectivity index (χ0v) is 16.1. The number of rotatable bonds is 5. The third kappa shape index (κ3) is 4.57. The van der Waals surface area contributed by atoms with Crippen molar-refractivity contribution in [2.24, 2.45) is 5.10 Å². The van der Waals surface area contributed by atoms with Crippen LogP contribution in [-0.4, -0.2) is 35.4 Å². The number of hydrogen-bond donors (Lipinski definition) is 2. The fraction of sp³-hybridized carbons (Fsp3) is 0.0526. The average Bonchev–Trinajstić information content (AvgIpc) is 3.18. The molecule has 0 aliphatic rings. The van der Waals surface area contributed by atoms with Gasteiger partial charge in [-0.15, -0.1) is 0 Å². The van der Waals surface area contributed by atoms with E-state index >= 15 is 0 Å². The number of nitrogens with zero attached hydrogens (tertiary/aromatic N) is 2. The smallest absolute Gasteiger partial charge is 0.337 e. The van der Waals surface area contributed by atoms with Crippen molar-refractivity contribution in [3.63, 3.8) is 0 Å². The molecule has 1 heterocycles. The van der Waals surface area contributed by atoms with Gasteiger partial charge in [0.15, 0.2) is 0 Å². The quantitative estimate of drug-likeness (QED) is 0.374. The van der Waals surface area contributed by atoms with Crippen LogP contribution in [0.15, 0.2) is 53.6 Å². The molecule has 7 nitrogen and oxygen atoms in total. The molecule has 1 aromatic heterocycles. The van der Waals surface area contributed by atoms with Crippen molar-refractivity contribution in [1.29, 1.82) is 0 Å². The topological polar surface area (TPSA) is 96.4 Å². The molecule has 0 aliphatic carbocycles. The highest BCUT2D eigenvalue weighted by molar-refractivity contribution is 6.36. The van der Waals surface area contributed by atoms with E-state index in [1.807, 2.05) is 0 Å². The zero-order chi connectivity index (χ0) is 20.1. The first-order valence-corrected chi connectivity index (χ1v) is 8.76. The molecule has 0 saturated heterocycles. The number of aromatic nitrogens is 2. The summed E-state index contributed by atoms with van der Waals surface area (Å²) >= 11 is 12.0. The number of amides is 1. The van der Waals surface area contributed by atoms with Gasteiger partial charge in [-0.2, -0.15) is 10.2 Å². The Hall–Kier alpha value is -3.16. The fourth-order valence-corrected chi connectivity index (χ4v) is 2.83. The molecule has 0 spiro atoms. The molecule has 0 radical (unpaired) electrons. The summed E-state index contributed by atoms with van der Waals surface area (Å²) in [6, 6.07) is 13.1. The maximum absolute atomic E-state index is 12.2. The Labute approximate surface area is 170 Å². The molecule has 1 amide bonds. The number of aromatic amines is 1. The lowest BCUT2D eigenvalue weighted by Crippen LogP contribution is -2.18. The lowest BCUT2D eigenvalue weighted by atomic mass is 10.1. The Morgan fingerprint density at radius 3 is 2.57 bits per heavy atom. The monoisotopic (exact) mass is 416 g/mol. The molecule has 0 saturated carbocycles. The Kier molecular flexibility index (Phi) is 6.08. The second-order valence-electron chi connectivity index (χ2n) is 5.60. The van der Waals surface area contributed by atoms with Crippen LogP contribution < -0.4 is 5.43 Å². The maximum Gasteiger partial charge on any atom is 0.337 e. The van der Waals surface area contributed by atoms with Crippen molar-refractivity contribution in [2.75, 3.05) is 7.11 Å². The van der Waals surface area contributed by atoms with E-state index in [-0.39, 0.29) is 5.69 Å². The SMILES string of the molecule is COC(=O)c1ccc(/C=N/NC(=O)c2cc(-c3ccc(Cl)cc3Cl)n[nH]2)cc1. The molecular formula is C19H14Cl2N4O3. The molecule has 3 aromatic rings.